The van der Waals surface area contributed by atoms with Crippen LogP contribution in [0.5, 0.6) is 11.5 Å². The lowest BCUT2D eigenvalue weighted by molar-refractivity contribution is 0.103. The lowest BCUT2D eigenvalue weighted by Crippen LogP contribution is -2.11. The van der Waals surface area contributed by atoms with E-state index < -0.39 is 0 Å². The van der Waals surface area contributed by atoms with E-state index in [2.05, 4.69) is 5.32 Å². The Bertz CT molecular complexity index is 885. The first-order valence-corrected chi connectivity index (χ1v) is 7.73. The third-order valence-corrected chi connectivity index (χ3v) is 4.95. The highest BCUT2D eigenvalue weighted by molar-refractivity contribution is 7.21. The molecule has 0 aliphatic carbocycles. The minimum absolute atomic E-state index is 0.0995. The molecule has 4 rings (SSSR count). The summed E-state index contributed by atoms with van der Waals surface area (Å²) in [4.78, 5) is 13.3. The molecule has 3 aromatic rings. The van der Waals surface area contributed by atoms with Crippen molar-refractivity contribution in [1.82, 2.24) is 0 Å². The standard InChI is InChI=1S/C17H13NO3S/c1-10-12-4-2-3-5-15(12)22-16(10)17(19)18-11-6-7-13-14(8-11)21-9-20-13/h2-8H,9H2,1H3,(H,18,19). The number of amides is 1. The van der Waals surface area contributed by atoms with Crippen molar-refractivity contribution in [1.29, 1.82) is 0 Å². The largest absolute Gasteiger partial charge is 0.454 e. The van der Waals surface area contributed by atoms with E-state index in [0.717, 1.165) is 20.5 Å². The fraction of sp³-hybridized carbons (Fsp3) is 0.118. The summed E-state index contributed by atoms with van der Waals surface area (Å²) in [6.45, 7) is 2.20. The Kier molecular flexibility index (Phi) is 3.01. The molecule has 22 heavy (non-hydrogen) atoms. The number of fused-ring (bicyclic) bond motifs is 2. The van der Waals surface area contributed by atoms with Crippen molar-refractivity contribution in [2.24, 2.45) is 0 Å². The fourth-order valence-electron chi connectivity index (χ4n) is 2.55. The van der Waals surface area contributed by atoms with Crippen LogP contribution in [0.1, 0.15) is 15.2 Å². The molecule has 1 aliphatic heterocycles. The van der Waals surface area contributed by atoms with Crippen molar-refractivity contribution in [3.63, 3.8) is 0 Å². The number of hydrogen-bond donors (Lipinski definition) is 1. The van der Waals surface area contributed by atoms with Gasteiger partial charge in [-0.3, -0.25) is 4.79 Å². The predicted octanol–water partition coefficient (Wildman–Crippen LogP) is 4.19. The zero-order valence-corrected chi connectivity index (χ0v) is 12.7. The van der Waals surface area contributed by atoms with Gasteiger partial charge in [-0.15, -0.1) is 11.3 Å². The van der Waals surface area contributed by atoms with Gasteiger partial charge >= 0.3 is 0 Å². The van der Waals surface area contributed by atoms with E-state index in [1.165, 1.54) is 11.3 Å². The third kappa shape index (κ3) is 2.10. The van der Waals surface area contributed by atoms with Crippen LogP contribution < -0.4 is 14.8 Å². The molecule has 0 radical (unpaired) electrons. The van der Waals surface area contributed by atoms with E-state index in [1.807, 2.05) is 37.3 Å². The van der Waals surface area contributed by atoms with Gasteiger partial charge in [-0.25, -0.2) is 0 Å². The number of anilines is 1. The number of carbonyl (C=O) groups is 1. The van der Waals surface area contributed by atoms with Crippen LogP contribution in [0.2, 0.25) is 0 Å². The van der Waals surface area contributed by atoms with Crippen LogP contribution in [-0.2, 0) is 0 Å². The SMILES string of the molecule is Cc1c(C(=O)Nc2ccc3c(c2)OCO3)sc2ccccc12. The molecule has 2 heterocycles. The maximum atomic E-state index is 12.5. The second kappa shape index (κ2) is 5.03. The van der Waals surface area contributed by atoms with Gasteiger partial charge in [0.05, 0.1) is 4.88 Å². The number of nitrogens with one attached hydrogen (secondary N) is 1. The Morgan fingerprint density at radius 1 is 1.14 bits per heavy atom. The summed E-state index contributed by atoms with van der Waals surface area (Å²) in [7, 11) is 0. The smallest absolute Gasteiger partial charge is 0.266 e. The molecule has 1 N–H and O–H groups in total. The highest BCUT2D eigenvalue weighted by Gasteiger charge is 2.17. The zero-order valence-electron chi connectivity index (χ0n) is 11.9. The molecule has 110 valence electrons. The Labute approximate surface area is 131 Å². The fourth-order valence-corrected chi connectivity index (χ4v) is 3.66. The number of thiophene rings is 1. The topological polar surface area (TPSA) is 47.6 Å². The van der Waals surface area contributed by atoms with Crippen molar-refractivity contribution < 1.29 is 14.3 Å². The van der Waals surface area contributed by atoms with Crippen molar-refractivity contribution in [3.8, 4) is 11.5 Å². The minimum Gasteiger partial charge on any atom is -0.454 e. The minimum atomic E-state index is -0.0995. The lowest BCUT2D eigenvalue weighted by Gasteiger charge is -2.05. The van der Waals surface area contributed by atoms with Crippen molar-refractivity contribution in [3.05, 3.63) is 52.9 Å². The van der Waals surface area contributed by atoms with Gasteiger partial charge in [0.2, 0.25) is 6.79 Å². The number of benzene rings is 2. The van der Waals surface area contributed by atoms with E-state index >= 15 is 0 Å². The molecule has 1 aliphatic rings. The quantitative estimate of drug-likeness (QED) is 0.772. The molecular formula is C17H13NO3S. The number of hydrogen-bond acceptors (Lipinski definition) is 4. The van der Waals surface area contributed by atoms with Crippen molar-refractivity contribution in [2.45, 2.75) is 6.92 Å². The summed E-state index contributed by atoms with van der Waals surface area (Å²) in [6, 6.07) is 13.4. The molecule has 2 aromatic carbocycles. The van der Waals surface area contributed by atoms with Crippen LogP contribution in [0.15, 0.2) is 42.5 Å². The van der Waals surface area contributed by atoms with Crippen molar-refractivity contribution >= 4 is 33.0 Å². The second-order valence-corrected chi connectivity index (χ2v) is 6.13. The normalized spacial score (nSPS) is 12.6. The van der Waals surface area contributed by atoms with Crippen LogP contribution in [0.3, 0.4) is 0 Å². The number of aryl methyl sites for hydroxylation is 1. The van der Waals surface area contributed by atoms with E-state index in [1.54, 1.807) is 12.1 Å². The summed E-state index contributed by atoms with van der Waals surface area (Å²) < 4.78 is 11.7. The van der Waals surface area contributed by atoms with E-state index in [-0.39, 0.29) is 12.7 Å². The Morgan fingerprint density at radius 2 is 1.95 bits per heavy atom. The molecule has 0 spiro atoms. The number of rotatable bonds is 2. The zero-order chi connectivity index (χ0) is 15.1. The first-order chi connectivity index (χ1) is 10.7. The Balaban J connectivity index is 1.65. The Morgan fingerprint density at radius 3 is 2.82 bits per heavy atom. The van der Waals surface area contributed by atoms with Gasteiger partial charge in [-0.1, -0.05) is 18.2 Å². The first-order valence-electron chi connectivity index (χ1n) is 6.91. The van der Waals surface area contributed by atoms with Crippen LogP contribution >= 0.6 is 11.3 Å². The third-order valence-electron chi connectivity index (χ3n) is 3.68. The monoisotopic (exact) mass is 311 g/mol. The molecule has 5 heteroatoms. The lowest BCUT2D eigenvalue weighted by atomic mass is 10.1. The average molecular weight is 311 g/mol. The molecule has 0 saturated heterocycles. The van der Waals surface area contributed by atoms with Crippen LogP contribution in [-0.4, -0.2) is 12.7 Å². The molecule has 0 unspecified atom stereocenters. The van der Waals surface area contributed by atoms with Gasteiger partial charge in [-0.05, 0) is 36.1 Å². The Hall–Kier alpha value is -2.53. The van der Waals surface area contributed by atoms with Gasteiger partial charge in [0, 0.05) is 16.5 Å². The van der Waals surface area contributed by atoms with Gasteiger partial charge < -0.3 is 14.8 Å². The molecule has 4 nitrogen and oxygen atoms in total. The molecule has 0 saturated carbocycles. The maximum Gasteiger partial charge on any atom is 0.266 e. The van der Waals surface area contributed by atoms with E-state index in [4.69, 9.17) is 9.47 Å². The van der Waals surface area contributed by atoms with Crippen LogP contribution in [0.25, 0.3) is 10.1 Å². The van der Waals surface area contributed by atoms with Gasteiger partial charge in [-0.2, -0.15) is 0 Å². The van der Waals surface area contributed by atoms with Crippen molar-refractivity contribution in [2.75, 3.05) is 12.1 Å². The molecule has 0 fully saturated rings. The van der Waals surface area contributed by atoms with Gasteiger partial charge in [0.15, 0.2) is 11.5 Å². The van der Waals surface area contributed by atoms with E-state index in [9.17, 15) is 4.79 Å². The first kappa shape index (κ1) is 13.2. The van der Waals surface area contributed by atoms with E-state index in [0.29, 0.717) is 17.2 Å². The summed E-state index contributed by atoms with van der Waals surface area (Å²) in [5, 5.41) is 4.05. The molecular weight excluding hydrogens is 298 g/mol. The molecule has 0 atom stereocenters. The average Bonchev–Trinajstić information content (AvgIpc) is 3.12. The second-order valence-electron chi connectivity index (χ2n) is 5.07. The van der Waals surface area contributed by atoms with Gasteiger partial charge in [0.25, 0.3) is 5.91 Å². The molecule has 1 aromatic heterocycles. The summed E-state index contributed by atoms with van der Waals surface area (Å²) in [5.74, 6) is 1.26. The summed E-state index contributed by atoms with van der Waals surface area (Å²) in [6.07, 6.45) is 0. The molecule has 0 bridgehead atoms. The number of ether oxygens (including phenoxy) is 2. The van der Waals surface area contributed by atoms with Gasteiger partial charge in [0.1, 0.15) is 0 Å². The van der Waals surface area contributed by atoms with Crippen LogP contribution in [0.4, 0.5) is 5.69 Å². The predicted molar refractivity (Wildman–Crippen MR) is 87.1 cm³/mol. The maximum absolute atomic E-state index is 12.5. The summed E-state index contributed by atoms with van der Waals surface area (Å²) in [5.41, 5.74) is 1.71. The highest BCUT2D eigenvalue weighted by Crippen LogP contribution is 2.35. The summed E-state index contributed by atoms with van der Waals surface area (Å²) >= 11 is 1.51. The highest BCUT2D eigenvalue weighted by atomic mass is 32.1. The number of carbonyl (C=O) groups excluding carboxylic acids is 1. The molecule has 1 amide bonds. The van der Waals surface area contributed by atoms with Crippen LogP contribution in [0, 0.1) is 6.92 Å².